The fourth-order valence-corrected chi connectivity index (χ4v) is 22.8. The number of hydrogen-bond donors (Lipinski definition) is 6. The molecule has 708 valence electrons. The van der Waals surface area contributed by atoms with E-state index in [1.165, 1.54) is 83.5 Å². The van der Waals surface area contributed by atoms with Crippen LogP contribution in [-0.4, -0.2) is 120 Å². The number of carboxylic acid groups (broad SMARTS) is 2. The number of esters is 2. The number of carbonyl (C=O) groups excluding carboxylic acids is 3. The molecule has 6 N–H and O–H groups in total. The number of rotatable bonds is 22. The Morgan fingerprint density at radius 2 is 0.846 bits per heavy atom. The summed E-state index contributed by atoms with van der Waals surface area (Å²) in [5.74, 6) is 18.4. The zero-order valence-electron chi connectivity index (χ0n) is 67.7. The zero-order chi connectivity index (χ0) is 75.5. The van der Waals surface area contributed by atoms with Crippen molar-refractivity contribution in [3.63, 3.8) is 0 Å². The predicted molar refractivity (Wildman–Crippen MR) is 501 cm³/mol. The SMILES string of the molecule is C.C.C.C.C.C.C.C.C.C.C.C.C.C.CC(C)C1CC2C3CC(O)C(C3)C2C1.CC(C)C1CC2CC1CC2C(=O)NCCOCCO.CC(C)C1CC2CC1CC2C(=O)O.CC(C)C1CC2CC1CC2C(=O)OC1CCCCO1.CC(C)C1CCC(C(=O)O)C1.CC(C)C1CCC(CO)CC1.CCOC(C)OC(=O)C1CCC(C(C)C)C1. The molecule has 13 aliphatic rings. The number of nitrogens with one attached hydrogen (secondary N) is 1. The van der Waals surface area contributed by atoms with Gasteiger partial charge in [0.15, 0.2) is 6.29 Å². The largest absolute Gasteiger partial charge is 0.481 e. The Morgan fingerprint density at radius 3 is 1.23 bits per heavy atom. The highest BCUT2D eigenvalue weighted by atomic mass is 16.7. The monoisotopic (exact) mass is 1680 g/mol. The van der Waals surface area contributed by atoms with E-state index in [0.717, 1.165) is 179 Å². The maximum absolute atomic E-state index is 12.3. The standard InChI is InChI=1S/C16H26O3.C15H27NO3.C13H24O3.C13H22O.C11H18O2.C10H20O.C9H16O2.14CH4/c1-10(2)13-8-12-7-11(13)9-14(12)16(17)19-15-5-3-4-6-18-15;1-10(2)13-8-12-7-11(13)9-14(12)15(18)16-3-5-19-6-4-17;1-5-15-10(4)16-13(14)12-7-6-11(8-12)9(2)3;1-7(2)8-3-10-9-5-12(11(10)4-8)13(14)6-9;1-6(2)9-4-8-3-7(9)5-10(8)11(12)13;1-8(2)10-5-3-9(7-11)4-6-10;1-6(2)7-3-4-8(5-7)9(10)11;;;;;;;;;;;;;;/h10-15H,3-9H2,1-2H3;10-14,17H,3-9H2,1-2H3,(H,16,18);9-12H,5-8H2,1-4H3;7-14H,3-6H2,1-2H3;6-10H,3-5H2,1-2H3,(H,12,13);8-11H,3-7H2,1-2H3;6-8H,3-5H2,1-2H3,(H,10,11);14*1H4. The third kappa shape index (κ3) is 37.4. The summed E-state index contributed by atoms with van der Waals surface area (Å²) in [6, 6.07) is 0. The molecule has 12 saturated carbocycles. The lowest BCUT2D eigenvalue weighted by atomic mass is 9.76. The van der Waals surface area contributed by atoms with Crippen molar-refractivity contribution in [2.24, 2.45) is 178 Å². The highest BCUT2D eigenvalue weighted by molar-refractivity contribution is 5.79. The Hall–Kier alpha value is -2.89. The summed E-state index contributed by atoms with van der Waals surface area (Å²) in [7, 11) is 0. The lowest BCUT2D eigenvalue weighted by molar-refractivity contribution is -0.193. The van der Waals surface area contributed by atoms with Crippen LogP contribution in [0.1, 0.15) is 382 Å². The average molecular weight is 1680 g/mol. The quantitative estimate of drug-likeness (QED) is 0.0335. The molecule has 16 heteroatoms. The van der Waals surface area contributed by atoms with E-state index in [0.29, 0.717) is 92.2 Å². The molecule has 117 heavy (non-hydrogen) atoms. The Kier molecular flexibility index (Phi) is 69.9. The molecule has 1 saturated heterocycles. The van der Waals surface area contributed by atoms with Crippen LogP contribution in [0.4, 0.5) is 0 Å². The van der Waals surface area contributed by atoms with Crippen LogP contribution in [0.5, 0.6) is 0 Å². The summed E-state index contributed by atoms with van der Waals surface area (Å²) in [4.78, 5) is 57.6. The summed E-state index contributed by atoms with van der Waals surface area (Å²) in [5, 5.41) is 48.0. The second kappa shape index (κ2) is 63.1. The number of aliphatic hydroxyl groups excluding tert-OH is 3. The molecule has 24 unspecified atom stereocenters. The van der Waals surface area contributed by atoms with Crippen LogP contribution in [0.2, 0.25) is 0 Å². The molecular formula is C101H209NO15. The summed E-state index contributed by atoms with van der Waals surface area (Å²) >= 11 is 0. The van der Waals surface area contributed by atoms with Crippen molar-refractivity contribution in [3.8, 4) is 0 Å². The van der Waals surface area contributed by atoms with Gasteiger partial charge in [-0.1, -0.05) is 201 Å². The first-order valence-electron chi connectivity index (χ1n) is 42.8. The van der Waals surface area contributed by atoms with Gasteiger partial charge in [-0.2, -0.15) is 0 Å². The summed E-state index contributed by atoms with van der Waals surface area (Å²) in [5.41, 5.74) is 0. The van der Waals surface area contributed by atoms with Gasteiger partial charge in [0.2, 0.25) is 12.2 Å². The molecule has 0 aromatic carbocycles. The molecule has 16 nitrogen and oxygen atoms in total. The molecule has 13 fully saturated rings. The summed E-state index contributed by atoms with van der Waals surface area (Å²) < 4.78 is 26.7. The number of aliphatic carboxylic acids is 2. The Balaban J connectivity index is -0.000000195. The summed E-state index contributed by atoms with van der Waals surface area (Å²) in [6.45, 7) is 38.7. The van der Waals surface area contributed by atoms with Crippen molar-refractivity contribution in [3.05, 3.63) is 0 Å². The van der Waals surface area contributed by atoms with Gasteiger partial charge in [-0.25, -0.2) is 0 Å². The van der Waals surface area contributed by atoms with Crippen molar-refractivity contribution >= 4 is 29.8 Å². The zero-order valence-corrected chi connectivity index (χ0v) is 67.7. The minimum Gasteiger partial charge on any atom is -0.481 e. The van der Waals surface area contributed by atoms with Crippen LogP contribution in [0.25, 0.3) is 0 Å². The highest BCUT2D eigenvalue weighted by Crippen LogP contribution is 2.62. The van der Waals surface area contributed by atoms with Crippen LogP contribution >= 0.6 is 0 Å². The van der Waals surface area contributed by atoms with Gasteiger partial charge >= 0.3 is 23.9 Å². The van der Waals surface area contributed by atoms with Crippen molar-refractivity contribution in [2.45, 2.75) is 400 Å². The van der Waals surface area contributed by atoms with E-state index in [4.69, 9.17) is 44.1 Å². The Labute approximate surface area is 728 Å². The van der Waals surface area contributed by atoms with Crippen LogP contribution in [0.15, 0.2) is 0 Å². The van der Waals surface area contributed by atoms with Gasteiger partial charge in [0, 0.05) is 32.1 Å². The van der Waals surface area contributed by atoms with Crippen LogP contribution < -0.4 is 5.32 Å². The molecule has 0 spiro atoms. The average Bonchev–Trinajstić information content (AvgIpc) is 1.59. The van der Waals surface area contributed by atoms with Gasteiger partial charge in [0.1, 0.15) is 0 Å². The molecule has 1 aliphatic heterocycles. The lowest BCUT2D eigenvalue weighted by Crippen LogP contribution is -2.37. The number of hydrogen-bond acceptors (Lipinski definition) is 13. The van der Waals surface area contributed by atoms with Gasteiger partial charge < -0.3 is 54.5 Å². The maximum Gasteiger partial charge on any atom is 0.311 e. The van der Waals surface area contributed by atoms with E-state index >= 15 is 0 Å². The number of carboxylic acids is 2. The van der Waals surface area contributed by atoms with Crippen LogP contribution in [-0.2, 0) is 47.7 Å². The third-order valence-corrected chi connectivity index (χ3v) is 29.1. The van der Waals surface area contributed by atoms with Crippen LogP contribution in [0.3, 0.4) is 0 Å². The molecule has 13 rings (SSSR count). The van der Waals surface area contributed by atoms with E-state index < -0.39 is 18.2 Å². The fraction of sp³-hybridized carbons (Fsp3) is 0.950. The normalized spacial score (nSPS) is 33.3. The van der Waals surface area contributed by atoms with Gasteiger partial charge in [-0.05, 0) is 322 Å². The topological polar surface area (TPSA) is 245 Å². The van der Waals surface area contributed by atoms with Crippen LogP contribution in [0, 0.1) is 178 Å². The van der Waals surface area contributed by atoms with Crippen molar-refractivity contribution in [2.75, 3.05) is 46.2 Å². The first kappa shape index (κ1) is 130. The highest BCUT2D eigenvalue weighted by Gasteiger charge is 2.56. The second-order valence-electron chi connectivity index (χ2n) is 37.7. The minimum atomic E-state index is -0.604. The van der Waals surface area contributed by atoms with E-state index in [1.807, 2.05) is 6.92 Å². The first-order valence-corrected chi connectivity index (χ1v) is 42.8. The Morgan fingerprint density at radius 1 is 0.402 bits per heavy atom. The molecule has 0 aromatic rings. The molecule has 8 bridgehead atoms. The molecular weight excluding hydrogens is 1470 g/mol. The minimum absolute atomic E-state index is 0. The number of fused-ring (bicyclic) bond motifs is 11. The molecule has 1 heterocycles. The lowest BCUT2D eigenvalue weighted by Gasteiger charge is -2.30. The van der Waals surface area contributed by atoms with E-state index in [9.17, 15) is 29.1 Å². The smallest absolute Gasteiger partial charge is 0.311 e. The number of ether oxygens (including phenoxy) is 5. The molecule has 0 aromatic heterocycles. The fourth-order valence-electron chi connectivity index (χ4n) is 22.8. The van der Waals surface area contributed by atoms with Crippen molar-refractivity contribution < 1.29 is 73.2 Å². The van der Waals surface area contributed by atoms with Crippen molar-refractivity contribution in [1.29, 1.82) is 0 Å². The van der Waals surface area contributed by atoms with Gasteiger partial charge in [-0.15, -0.1) is 0 Å². The molecule has 1 amide bonds. The third-order valence-electron chi connectivity index (χ3n) is 29.1. The number of carbonyl (C=O) groups is 5. The van der Waals surface area contributed by atoms with Crippen molar-refractivity contribution in [1.82, 2.24) is 5.32 Å². The van der Waals surface area contributed by atoms with Gasteiger partial charge in [-0.3, -0.25) is 24.0 Å². The maximum atomic E-state index is 12.3. The molecule has 12 aliphatic carbocycles. The molecule has 24 atom stereocenters. The summed E-state index contributed by atoms with van der Waals surface area (Å²) in [6.07, 6.45) is 29.4. The second-order valence-corrected chi connectivity index (χ2v) is 37.7. The predicted octanol–water partition coefficient (Wildman–Crippen LogP) is 26.4. The van der Waals surface area contributed by atoms with E-state index in [2.05, 4.69) is 102 Å². The molecule has 0 radical (unpaired) electrons. The van der Waals surface area contributed by atoms with E-state index in [-0.39, 0.29) is 170 Å². The number of aliphatic hydroxyl groups is 3. The number of amides is 1. The van der Waals surface area contributed by atoms with E-state index in [1.54, 1.807) is 6.92 Å². The van der Waals surface area contributed by atoms with Gasteiger partial charge in [0.05, 0.1) is 56.2 Å². The van der Waals surface area contributed by atoms with Gasteiger partial charge in [0.25, 0.3) is 0 Å². The first-order chi connectivity index (χ1) is 48.9. The Bertz CT molecular complexity index is 2510.